The minimum Gasteiger partial charge on any atom is -0.480 e. The van der Waals surface area contributed by atoms with E-state index in [1.165, 1.54) is 4.90 Å². The van der Waals surface area contributed by atoms with Gasteiger partial charge in [0.15, 0.2) is 0 Å². The molecule has 0 aromatic carbocycles. The first-order chi connectivity index (χ1) is 15.4. The quantitative estimate of drug-likeness (QED) is 0.245. The minimum absolute atomic E-state index is 0.0119. The predicted molar refractivity (Wildman–Crippen MR) is 122 cm³/mol. The molecule has 1 rings (SSSR count). The van der Waals surface area contributed by atoms with Crippen LogP contribution in [0.2, 0.25) is 0 Å². The third kappa shape index (κ3) is 8.64. The number of carboxylic acids is 1. The third-order valence-corrected chi connectivity index (χ3v) is 6.01. The van der Waals surface area contributed by atoms with Crippen molar-refractivity contribution in [1.82, 2.24) is 15.5 Å². The molecule has 1 fully saturated rings. The summed E-state index contributed by atoms with van der Waals surface area (Å²) in [5.41, 5.74) is 11.3. The van der Waals surface area contributed by atoms with Gasteiger partial charge in [0.1, 0.15) is 18.1 Å². The van der Waals surface area contributed by atoms with Gasteiger partial charge in [-0.25, -0.2) is 4.79 Å². The predicted octanol–water partition coefficient (Wildman–Crippen LogP) is -0.283. The fourth-order valence-corrected chi connectivity index (χ4v) is 3.78. The van der Waals surface area contributed by atoms with Gasteiger partial charge in [0.2, 0.25) is 23.6 Å². The van der Waals surface area contributed by atoms with Gasteiger partial charge in [0.05, 0.1) is 6.04 Å². The summed E-state index contributed by atoms with van der Waals surface area (Å²) in [6.45, 7) is 7.83. The largest absolute Gasteiger partial charge is 0.480 e. The molecular formula is C22H39N5O6. The number of nitrogens with one attached hydrogen (secondary N) is 2. The zero-order valence-electron chi connectivity index (χ0n) is 20.0. The lowest BCUT2D eigenvalue weighted by molar-refractivity contribution is -0.143. The Balaban J connectivity index is 2.96. The van der Waals surface area contributed by atoms with Gasteiger partial charge in [-0.3, -0.25) is 19.2 Å². The van der Waals surface area contributed by atoms with E-state index >= 15 is 0 Å². The van der Waals surface area contributed by atoms with Gasteiger partial charge in [-0.15, -0.1) is 0 Å². The number of hydrogen-bond acceptors (Lipinski definition) is 6. The van der Waals surface area contributed by atoms with Crippen molar-refractivity contribution in [3.63, 3.8) is 0 Å². The first-order valence-corrected chi connectivity index (χ1v) is 11.6. The smallest absolute Gasteiger partial charge is 0.326 e. The number of primary amides is 1. The number of carbonyl (C=O) groups is 5. The lowest BCUT2D eigenvalue weighted by Gasteiger charge is -2.30. The van der Waals surface area contributed by atoms with Crippen LogP contribution in [0.4, 0.5) is 0 Å². The Hall–Kier alpha value is -2.69. The molecule has 0 spiro atoms. The number of rotatable bonds is 13. The summed E-state index contributed by atoms with van der Waals surface area (Å²) >= 11 is 0. The average Bonchev–Trinajstić information content (AvgIpc) is 3.23. The number of likely N-dealkylation sites (tertiary alicyclic amines) is 1. The maximum Gasteiger partial charge on any atom is 0.326 e. The molecule has 33 heavy (non-hydrogen) atoms. The highest BCUT2D eigenvalue weighted by Gasteiger charge is 2.38. The molecule has 0 aromatic heterocycles. The topological polar surface area (TPSA) is 185 Å². The molecule has 11 heteroatoms. The first kappa shape index (κ1) is 28.3. The molecule has 0 bridgehead atoms. The fraction of sp³-hybridized carbons (Fsp3) is 0.773. The summed E-state index contributed by atoms with van der Waals surface area (Å²) in [7, 11) is 0. The van der Waals surface area contributed by atoms with Crippen molar-refractivity contribution in [3.05, 3.63) is 0 Å². The standard InChI is InChI=1S/C22H39N5O6/c1-5-13(4)18(24)21(31)27-10-6-7-16(27)20(30)25-14(8-9-17(23)28)19(29)26-15(22(32)33)11-12(2)3/h12-16,18H,5-11,24H2,1-4H3,(H2,23,28)(H,25,30)(H,26,29)(H,32,33). The first-order valence-electron chi connectivity index (χ1n) is 11.6. The average molecular weight is 470 g/mol. The van der Waals surface area contributed by atoms with E-state index in [2.05, 4.69) is 10.6 Å². The van der Waals surface area contributed by atoms with Crippen molar-refractivity contribution in [2.75, 3.05) is 6.54 Å². The highest BCUT2D eigenvalue weighted by molar-refractivity contribution is 5.94. The number of amides is 4. The molecule has 5 atom stereocenters. The van der Waals surface area contributed by atoms with Crippen LogP contribution in [-0.2, 0) is 24.0 Å². The van der Waals surface area contributed by atoms with Gasteiger partial charge >= 0.3 is 5.97 Å². The molecule has 1 heterocycles. The molecule has 0 radical (unpaired) electrons. The molecular weight excluding hydrogens is 430 g/mol. The number of aliphatic carboxylic acids is 1. The van der Waals surface area contributed by atoms with Crippen molar-refractivity contribution in [3.8, 4) is 0 Å². The van der Waals surface area contributed by atoms with Crippen LogP contribution in [0.5, 0.6) is 0 Å². The van der Waals surface area contributed by atoms with E-state index in [0.29, 0.717) is 25.8 Å². The Morgan fingerprint density at radius 1 is 1.09 bits per heavy atom. The SMILES string of the molecule is CCC(C)C(N)C(=O)N1CCCC1C(=O)NC(CCC(N)=O)C(=O)NC(CC(C)C)C(=O)O. The summed E-state index contributed by atoms with van der Waals surface area (Å²) in [6.07, 6.45) is 1.69. The summed E-state index contributed by atoms with van der Waals surface area (Å²) in [4.78, 5) is 62.9. The zero-order valence-corrected chi connectivity index (χ0v) is 20.0. The van der Waals surface area contributed by atoms with E-state index < -0.39 is 47.9 Å². The molecule has 1 saturated heterocycles. The van der Waals surface area contributed by atoms with E-state index in [1.807, 2.05) is 27.7 Å². The van der Waals surface area contributed by atoms with Crippen molar-refractivity contribution < 1.29 is 29.1 Å². The Bertz CT molecular complexity index is 728. The molecule has 188 valence electrons. The summed E-state index contributed by atoms with van der Waals surface area (Å²) in [5.74, 6) is -3.46. The minimum atomic E-state index is -1.19. The highest BCUT2D eigenvalue weighted by atomic mass is 16.4. The summed E-state index contributed by atoms with van der Waals surface area (Å²) in [5, 5.41) is 14.4. The molecule has 0 saturated carbocycles. The van der Waals surface area contributed by atoms with Crippen LogP contribution in [0.15, 0.2) is 0 Å². The molecule has 1 aliphatic rings. The molecule has 4 amide bonds. The number of nitrogens with zero attached hydrogens (tertiary/aromatic N) is 1. The molecule has 5 unspecified atom stereocenters. The molecule has 0 aromatic rings. The fourth-order valence-electron chi connectivity index (χ4n) is 3.78. The summed E-state index contributed by atoms with van der Waals surface area (Å²) in [6, 6.07) is -3.82. The van der Waals surface area contributed by atoms with Crippen LogP contribution in [0.1, 0.15) is 66.2 Å². The Kier molecular flexibility index (Phi) is 11.3. The van der Waals surface area contributed by atoms with Crippen molar-refractivity contribution in [2.24, 2.45) is 23.3 Å². The van der Waals surface area contributed by atoms with Gasteiger partial charge in [0, 0.05) is 13.0 Å². The normalized spacial score (nSPS) is 19.5. The second kappa shape index (κ2) is 13.1. The van der Waals surface area contributed by atoms with Crippen LogP contribution in [0.25, 0.3) is 0 Å². The van der Waals surface area contributed by atoms with Crippen LogP contribution in [0, 0.1) is 11.8 Å². The molecule has 7 N–H and O–H groups in total. The molecule has 0 aliphatic carbocycles. The van der Waals surface area contributed by atoms with Crippen molar-refractivity contribution in [2.45, 2.75) is 90.4 Å². The van der Waals surface area contributed by atoms with Gasteiger partial charge in [-0.2, -0.15) is 0 Å². The monoisotopic (exact) mass is 469 g/mol. The second-order valence-electron chi connectivity index (χ2n) is 9.20. The Morgan fingerprint density at radius 3 is 2.24 bits per heavy atom. The van der Waals surface area contributed by atoms with Gasteiger partial charge in [-0.1, -0.05) is 34.1 Å². The van der Waals surface area contributed by atoms with Crippen LogP contribution >= 0.6 is 0 Å². The van der Waals surface area contributed by atoms with E-state index in [9.17, 15) is 29.1 Å². The molecule has 1 aliphatic heterocycles. The van der Waals surface area contributed by atoms with Crippen LogP contribution < -0.4 is 22.1 Å². The Labute approximate surface area is 195 Å². The maximum atomic E-state index is 13.0. The van der Waals surface area contributed by atoms with E-state index in [0.717, 1.165) is 0 Å². The van der Waals surface area contributed by atoms with Crippen molar-refractivity contribution in [1.29, 1.82) is 0 Å². The number of nitrogens with two attached hydrogens (primary N) is 2. The second-order valence-corrected chi connectivity index (χ2v) is 9.20. The maximum absolute atomic E-state index is 13.0. The lowest BCUT2D eigenvalue weighted by atomic mass is 9.98. The van der Waals surface area contributed by atoms with E-state index in [4.69, 9.17) is 11.5 Å². The number of hydrogen-bond donors (Lipinski definition) is 5. The van der Waals surface area contributed by atoms with Gasteiger partial charge in [0.25, 0.3) is 0 Å². The van der Waals surface area contributed by atoms with E-state index in [1.54, 1.807) is 0 Å². The lowest BCUT2D eigenvalue weighted by Crippen LogP contribution is -2.57. The van der Waals surface area contributed by atoms with E-state index in [-0.39, 0.29) is 37.0 Å². The number of carbonyl (C=O) groups excluding carboxylic acids is 4. The highest BCUT2D eigenvalue weighted by Crippen LogP contribution is 2.21. The van der Waals surface area contributed by atoms with Crippen LogP contribution in [-0.4, -0.2) is 70.3 Å². The van der Waals surface area contributed by atoms with Crippen molar-refractivity contribution >= 4 is 29.6 Å². The van der Waals surface area contributed by atoms with Gasteiger partial charge in [-0.05, 0) is 37.5 Å². The van der Waals surface area contributed by atoms with Crippen LogP contribution in [0.3, 0.4) is 0 Å². The molecule has 11 nitrogen and oxygen atoms in total. The number of carboxylic acid groups (broad SMARTS) is 1. The third-order valence-electron chi connectivity index (χ3n) is 6.01. The summed E-state index contributed by atoms with van der Waals surface area (Å²) < 4.78 is 0. The zero-order chi connectivity index (χ0) is 25.3. The van der Waals surface area contributed by atoms with Gasteiger partial charge < -0.3 is 32.1 Å². The Morgan fingerprint density at radius 2 is 1.73 bits per heavy atom.